The molecule has 0 saturated heterocycles. The van der Waals surface area contributed by atoms with Gasteiger partial charge in [-0.2, -0.15) is 0 Å². The summed E-state index contributed by atoms with van der Waals surface area (Å²) < 4.78 is 0. The average molecular weight is 338 g/mol. The minimum Gasteiger partial charge on any atom is -0.398 e. The van der Waals surface area contributed by atoms with Gasteiger partial charge in [-0.1, -0.05) is 73.8 Å². The van der Waals surface area contributed by atoms with Gasteiger partial charge in [0.25, 0.3) is 0 Å². The average Bonchev–Trinajstić information content (AvgIpc) is 2.69. The molecule has 1 N–H and O–H groups in total. The first-order valence-electron chi connectivity index (χ1n) is 9.44. The van der Waals surface area contributed by atoms with Gasteiger partial charge in [0.05, 0.1) is 0 Å². The SMILES string of the molecule is CCCCC#CB1Nc2cccc3cccc(c23)N1Cc1ccccc1. The van der Waals surface area contributed by atoms with Crippen LogP contribution in [0.4, 0.5) is 11.4 Å². The van der Waals surface area contributed by atoms with Crippen molar-refractivity contribution in [2.45, 2.75) is 32.7 Å². The number of nitrogens with zero attached hydrogens (tertiary/aromatic N) is 1. The zero-order valence-electron chi connectivity index (χ0n) is 15.2. The van der Waals surface area contributed by atoms with Crippen molar-refractivity contribution in [3.05, 3.63) is 72.3 Å². The Morgan fingerprint density at radius 3 is 2.58 bits per heavy atom. The van der Waals surface area contributed by atoms with Crippen molar-refractivity contribution in [1.82, 2.24) is 0 Å². The summed E-state index contributed by atoms with van der Waals surface area (Å²) in [5, 5.41) is 6.22. The second-order valence-corrected chi connectivity index (χ2v) is 6.77. The van der Waals surface area contributed by atoms with E-state index in [2.05, 4.69) is 95.4 Å². The molecule has 0 fully saturated rings. The highest BCUT2D eigenvalue weighted by atomic mass is 15.2. The molecule has 0 aromatic heterocycles. The minimum absolute atomic E-state index is 0.00689. The van der Waals surface area contributed by atoms with Crippen molar-refractivity contribution >= 4 is 29.1 Å². The summed E-state index contributed by atoms with van der Waals surface area (Å²) >= 11 is 0. The van der Waals surface area contributed by atoms with Gasteiger partial charge in [0.1, 0.15) is 0 Å². The molecule has 0 aliphatic carbocycles. The number of unbranched alkanes of at least 4 members (excludes halogenated alkanes) is 2. The maximum absolute atomic E-state index is 3.66. The number of hydrogen-bond acceptors (Lipinski definition) is 2. The zero-order valence-corrected chi connectivity index (χ0v) is 15.2. The quantitative estimate of drug-likeness (QED) is 0.384. The molecule has 0 saturated carbocycles. The number of nitrogens with one attached hydrogen (secondary N) is 1. The summed E-state index contributed by atoms with van der Waals surface area (Å²) in [6, 6.07) is 23.6. The Labute approximate surface area is 156 Å². The number of hydrogen-bond donors (Lipinski definition) is 1. The maximum Gasteiger partial charge on any atom is 0.463 e. The molecule has 0 unspecified atom stereocenters. The molecule has 3 aromatic rings. The topological polar surface area (TPSA) is 15.3 Å². The van der Waals surface area contributed by atoms with E-state index < -0.39 is 0 Å². The van der Waals surface area contributed by atoms with Gasteiger partial charge in [-0.05, 0) is 29.5 Å². The molecule has 1 heterocycles. The second kappa shape index (κ2) is 7.58. The van der Waals surface area contributed by atoms with Gasteiger partial charge in [0.15, 0.2) is 0 Å². The monoisotopic (exact) mass is 338 g/mol. The maximum atomic E-state index is 3.66. The van der Waals surface area contributed by atoms with Crippen LogP contribution >= 0.6 is 0 Å². The van der Waals surface area contributed by atoms with Crippen LogP contribution in [0.1, 0.15) is 31.7 Å². The highest BCUT2D eigenvalue weighted by Gasteiger charge is 2.30. The van der Waals surface area contributed by atoms with Crippen molar-refractivity contribution in [2.75, 3.05) is 10.0 Å². The van der Waals surface area contributed by atoms with E-state index in [4.69, 9.17) is 0 Å². The van der Waals surface area contributed by atoms with Crippen LogP contribution in [0, 0.1) is 11.7 Å². The first-order chi connectivity index (χ1) is 12.9. The van der Waals surface area contributed by atoms with Gasteiger partial charge in [-0.25, -0.2) is 0 Å². The highest BCUT2D eigenvalue weighted by Crippen LogP contribution is 2.37. The summed E-state index contributed by atoms with van der Waals surface area (Å²) in [5.41, 5.74) is 3.73. The Bertz CT molecular complexity index is 951. The van der Waals surface area contributed by atoms with E-state index >= 15 is 0 Å². The van der Waals surface area contributed by atoms with Crippen molar-refractivity contribution < 1.29 is 0 Å². The predicted octanol–water partition coefficient (Wildman–Crippen LogP) is 5.49. The standard InChI is InChI=1S/C23H23BN2/c1-2-3-4-8-17-24-25-21-15-9-13-20-14-10-16-22(23(20)21)26(24)18-19-11-6-5-7-12-19/h5-7,9-16,25H,2-4,18H2,1H3. The van der Waals surface area contributed by atoms with E-state index in [9.17, 15) is 0 Å². The molecule has 1 aliphatic rings. The van der Waals surface area contributed by atoms with Crippen molar-refractivity contribution in [3.63, 3.8) is 0 Å². The lowest BCUT2D eigenvalue weighted by molar-refractivity contribution is 0.828. The first kappa shape index (κ1) is 16.6. The smallest absolute Gasteiger partial charge is 0.398 e. The summed E-state index contributed by atoms with van der Waals surface area (Å²) in [6.45, 7) is 3.04. The fraction of sp³-hybridized carbons (Fsp3) is 0.217. The number of benzene rings is 3. The van der Waals surface area contributed by atoms with E-state index in [1.54, 1.807) is 0 Å². The molecular weight excluding hydrogens is 315 g/mol. The molecule has 26 heavy (non-hydrogen) atoms. The molecule has 0 radical (unpaired) electrons. The minimum atomic E-state index is -0.00689. The van der Waals surface area contributed by atoms with E-state index in [1.807, 2.05) is 0 Å². The molecule has 1 aliphatic heterocycles. The van der Waals surface area contributed by atoms with Crippen LogP contribution in [0.2, 0.25) is 0 Å². The molecule has 4 rings (SSSR count). The molecule has 3 aromatic carbocycles. The summed E-state index contributed by atoms with van der Waals surface area (Å²) in [5.74, 6) is 6.86. The molecule has 2 nitrogen and oxygen atoms in total. The van der Waals surface area contributed by atoms with Crippen LogP contribution in [0.25, 0.3) is 10.8 Å². The number of anilines is 2. The van der Waals surface area contributed by atoms with Crippen LogP contribution in [-0.4, -0.2) is 6.98 Å². The third-order valence-corrected chi connectivity index (χ3v) is 4.89. The third kappa shape index (κ3) is 3.28. The van der Waals surface area contributed by atoms with Crippen LogP contribution in [0.15, 0.2) is 66.7 Å². The van der Waals surface area contributed by atoms with Crippen molar-refractivity contribution in [2.24, 2.45) is 0 Å². The first-order valence-corrected chi connectivity index (χ1v) is 9.44. The summed E-state index contributed by atoms with van der Waals surface area (Å²) in [4.78, 5) is 2.39. The van der Waals surface area contributed by atoms with E-state index in [-0.39, 0.29) is 6.98 Å². The van der Waals surface area contributed by atoms with Crippen LogP contribution in [0.5, 0.6) is 0 Å². The Kier molecular flexibility index (Phi) is 4.84. The fourth-order valence-corrected chi connectivity index (χ4v) is 3.55. The van der Waals surface area contributed by atoms with Crippen LogP contribution in [0.3, 0.4) is 0 Å². The third-order valence-electron chi connectivity index (χ3n) is 4.89. The fourth-order valence-electron chi connectivity index (χ4n) is 3.55. The van der Waals surface area contributed by atoms with Gasteiger partial charge in [-0.15, -0.1) is 5.92 Å². The van der Waals surface area contributed by atoms with Gasteiger partial charge in [0, 0.05) is 29.7 Å². The predicted molar refractivity (Wildman–Crippen MR) is 113 cm³/mol. The lowest BCUT2D eigenvalue weighted by Crippen LogP contribution is -2.47. The van der Waals surface area contributed by atoms with Gasteiger partial charge in [-0.3, -0.25) is 0 Å². The molecular formula is C23H23BN2. The lowest BCUT2D eigenvalue weighted by atomic mass is 9.71. The summed E-state index contributed by atoms with van der Waals surface area (Å²) in [6.07, 6.45) is 3.30. The van der Waals surface area contributed by atoms with Gasteiger partial charge < -0.3 is 10.0 Å². The van der Waals surface area contributed by atoms with Crippen LogP contribution < -0.4 is 10.0 Å². The molecule has 0 bridgehead atoms. The zero-order chi connectivity index (χ0) is 17.8. The normalized spacial score (nSPS) is 12.5. The highest BCUT2D eigenvalue weighted by molar-refractivity contribution is 6.75. The largest absolute Gasteiger partial charge is 0.463 e. The lowest BCUT2D eigenvalue weighted by Gasteiger charge is -2.35. The van der Waals surface area contributed by atoms with Crippen molar-refractivity contribution in [1.29, 1.82) is 0 Å². The Balaban J connectivity index is 1.75. The second-order valence-electron chi connectivity index (χ2n) is 6.77. The van der Waals surface area contributed by atoms with Crippen molar-refractivity contribution in [3.8, 4) is 11.7 Å². The van der Waals surface area contributed by atoms with E-state index in [0.717, 1.165) is 19.4 Å². The summed E-state index contributed by atoms with van der Waals surface area (Å²) in [7, 11) is 0. The number of rotatable bonds is 4. The van der Waals surface area contributed by atoms with Gasteiger partial charge in [0.2, 0.25) is 0 Å². The van der Waals surface area contributed by atoms with Gasteiger partial charge >= 0.3 is 6.98 Å². The van der Waals surface area contributed by atoms with Crippen LogP contribution in [-0.2, 0) is 6.54 Å². The molecule has 0 amide bonds. The molecule has 0 atom stereocenters. The Morgan fingerprint density at radius 2 is 1.77 bits per heavy atom. The molecule has 0 spiro atoms. The molecule has 3 heteroatoms. The molecule has 128 valence electrons. The Hall–Kier alpha value is -2.86. The van der Waals surface area contributed by atoms with E-state index in [0.29, 0.717) is 0 Å². The van der Waals surface area contributed by atoms with E-state index in [1.165, 1.54) is 34.1 Å². The Morgan fingerprint density at radius 1 is 0.962 bits per heavy atom.